The lowest BCUT2D eigenvalue weighted by Gasteiger charge is -2.35. The van der Waals surface area contributed by atoms with Crippen LogP contribution in [-0.4, -0.2) is 81.2 Å². The van der Waals surface area contributed by atoms with Crippen molar-refractivity contribution in [3.63, 3.8) is 0 Å². The van der Waals surface area contributed by atoms with Crippen LogP contribution >= 0.6 is 0 Å². The Hall–Kier alpha value is -3.07. The van der Waals surface area contributed by atoms with Gasteiger partial charge in [0, 0.05) is 39.4 Å². The molecular weight excluding hydrogens is 376 g/mol. The van der Waals surface area contributed by atoms with Crippen LogP contribution in [0.25, 0.3) is 0 Å². The van der Waals surface area contributed by atoms with E-state index in [2.05, 4.69) is 15.1 Å². The Balaban J connectivity index is 1.42. The van der Waals surface area contributed by atoms with E-state index in [-0.39, 0.29) is 12.5 Å². The monoisotopic (exact) mass is 402 g/mol. The Morgan fingerprint density at radius 3 is 2.24 bits per heavy atom. The van der Waals surface area contributed by atoms with Gasteiger partial charge < -0.3 is 28.7 Å². The zero-order valence-corrected chi connectivity index (χ0v) is 16.7. The zero-order chi connectivity index (χ0) is 20.5. The molecule has 9 nitrogen and oxygen atoms in total. The first-order valence-corrected chi connectivity index (χ1v) is 9.44. The molecule has 1 aromatic carbocycles. The van der Waals surface area contributed by atoms with Gasteiger partial charge in [-0.1, -0.05) is 0 Å². The molecule has 1 amide bonds. The van der Waals surface area contributed by atoms with E-state index in [4.69, 9.17) is 18.9 Å². The first kappa shape index (κ1) is 20.7. The molecular formula is C20H26N4O5. The van der Waals surface area contributed by atoms with Crippen LogP contribution in [0.1, 0.15) is 0 Å². The van der Waals surface area contributed by atoms with Crippen molar-refractivity contribution in [2.75, 3.05) is 65.1 Å². The van der Waals surface area contributed by atoms with Crippen LogP contribution in [-0.2, 0) is 9.53 Å². The summed E-state index contributed by atoms with van der Waals surface area (Å²) in [5, 5.41) is 8.29. The molecule has 156 valence electrons. The number of anilines is 1. The highest BCUT2D eigenvalue weighted by Gasteiger charge is 2.22. The van der Waals surface area contributed by atoms with Gasteiger partial charge in [0.05, 0.1) is 13.7 Å². The predicted molar refractivity (Wildman–Crippen MR) is 107 cm³/mol. The number of hydrogen-bond acceptors (Lipinski definition) is 8. The highest BCUT2D eigenvalue weighted by Crippen LogP contribution is 2.18. The van der Waals surface area contributed by atoms with E-state index in [0.717, 1.165) is 11.6 Å². The van der Waals surface area contributed by atoms with Gasteiger partial charge in [-0.25, -0.2) is 0 Å². The molecule has 2 heterocycles. The molecule has 0 atom stereocenters. The number of benzene rings is 1. The van der Waals surface area contributed by atoms with Crippen molar-refractivity contribution >= 4 is 11.7 Å². The Kier molecular flexibility index (Phi) is 7.46. The predicted octanol–water partition coefficient (Wildman–Crippen LogP) is 1.24. The molecule has 1 fully saturated rings. The molecule has 1 aliphatic heterocycles. The maximum Gasteiger partial charge on any atom is 0.260 e. The van der Waals surface area contributed by atoms with Gasteiger partial charge in [-0.05, 0) is 30.3 Å². The van der Waals surface area contributed by atoms with Crippen LogP contribution < -0.4 is 19.1 Å². The van der Waals surface area contributed by atoms with Gasteiger partial charge in [0.15, 0.2) is 12.4 Å². The minimum atomic E-state index is -0.0338. The van der Waals surface area contributed by atoms with Gasteiger partial charge in [-0.2, -0.15) is 0 Å². The van der Waals surface area contributed by atoms with Crippen LogP contribution in [0.3, 0.4) is 0 Å². The van der Waals surface area contributed by atoms with Crippen molar-refractivity contribution < 1.29 is 23.7 Å². The molecule has 0 aliphatic carbocycles. The van der Waals surface area contributed by atoms with Crippen LogP contribution in [0.15, 0.2) is 36.4 Å². The molecule has 1 aromatic heterocycles. The fraction of sp³-hybridized carbons (Fsp3) is 0.450. The lowest BCUT2D eigenvalue weighted by molar-refractivity contribution is -0.133. The number of methoxy groups -OCH3 is 2. The molecule has 0 N–H and O–H groups in total. The largest absolute Gasteiger partial charge is 0.497 e. The van der Waals surface area contributed by atoms with Crippen molar-refractivity contribution in [1.29, 1.82) is 0 Å². The molecule has 3 rings (SSSR count). The highest BCUT2D eigenvalue weighted by molar-refractivity contribution is 5.78. The van der Waals surface area contributed by atoms with Crippen molar-refractivity contribution in [2.45, 2.75) is 0 Å². The van der Waals surface area contributed by atoms with Crippen LogP contribution in [0, 0.1) is 0 Å². The molecule has 0 saturated carbocycles. The quantitative estimate of drug-likeness (QED) is 0.579. The van der Waals surface area contributed by atoms with Crippen LogP contribution in [0.4, 0.5) is 5.82 Å². The molecule has 29 heavy (non-hydrogen) atoms. The van der Waals surface area contributed by atoms with Gasteiger partial charge in [0.1, 0.15) is 18.1 Å². The van der Waals surface area contributed by atoms with Crippen molar-refractivity contribution in [1.82, 2.24) is 15.1 Å². The number of carbonyl (C=O) groups excluding carboxylic acids is 1. The minimum absolute atomic E-state index is 0.0135. The number of carbonyl (C=O) groups is 1. The van der Waals surface area contributed by atoms with E-state index in [1.165, 1.54) is 0 Å². The lowest BCUT2D eigenvalue weighted by atomic mass is 10.3. The van der Waals surface area contributed by atoms with Gasteiger partial charge in [-0.15, -0.1) is 10.2 Å². The summed E-state index contributed by atoms with van der Waals surface area (Å²) in [5.41, 5.74) is 0. The number of nitrogens with zero attached hydrogens (tertiary/aromatic N) is 4. The van der Waals surface area contributed by atoms with E-state index in [0.29, 0.717) is 51.0 Å². The van der Waals surface area contributed by atoms with E-state index in [1.54, 1.807) is 49.5 Å². The normalized spacial score (nSPS) is 13.9. The summed E-state index contributed by atoms with van der Waals surface area (Å²) in [6.45, 7) is 3.54. The van der Waals surface area contributed by atoms with Gasteiger partial charge in [-0.3, -0.25) is 4.79 Å². The third-order valence-electron chi connectivity index (χ3n) is 4.54. The average molecular weight is 402 g/mol. The average Bonchev–Trinajstić information content (AvgIpc) is 2.78. The number of hydrogen-bond donors (Lipinski definition) is 0. The number of ether oxygens (including phenoxy) is 4. The van der Waals surface area contributed by atoms with Gasteiger partial charge in [0.25, 0.3) is 5.91 Å². The number of amides is 1. The maximum atomic E-state index is 12.4. The topological polar surface area (TPSA) is 86.3 Å². The minimum Gasteiger partial charge on any atom is -0.497 e. The van der Waals surface area contributed by atoms with E-state index >= 15 is 0 Å². The molecule has 0 bridgehead atoms. The van der Waals surface area contributed by atoms with Gasteiger partial charge >= 0.3 is 0 Å². The molecule has 1 saturated heterocycles. The summed E-state index contributed by atoms with van der Waals surface area (Å²) >= 11 is 0. The second-order valence-corrected chi connectivity index (χ2v) is 6.40. The second-order valence-electron chi connectivity index (χ2n) is 6.40. The Labute approximate surface area is 170 Å². The standard InChI is InChI=1S/C20H26N4O5/c1-26-13-14-28-19-8-7-18(21-22-19)23-9-11-24(12-10-23)20(25)15-29-17-5-3-16(27-2)4-6-17/h3-8H,9-15H2,1-2H3. The zero-order valence-electron chi connectivity index (χ0n) is 16.7. The van der Waals surface area contributed by atoms with Gasteiger partial charge in [0.2, 0.25) is 5.88 Å². The molecule has 1 aliphatic rings. The maximum absolute atomic E-state index is 12.4. The molecule has 0 spiro atoms. The van der Waals surface area contributed by atoms with E-state index in [9.17, 15) is 4.79 Å². The second kappa shape index (κ2) is 10.5. The summed E-state index contributed by atoms with van der Waals surface area (Å²) in [7, 11) is 3.23. The molecule has 2 aromatic rings. The summed E-state index contributed by atoms with van der Waals surface area (Å²) in [4.78, 5) is 16.3. The third-order valence-corrected chi connectivity index (χ3v) is 4.54. The smallest absolute Gasteiger partial charge is 0.260 e. The number of rotatable bonds is 9. The molecule has 0 radical (unpaired) electrons. The SMILES string of the molecule is COCCOc1ccc(N2CCN(C(=O)COc3ccc(OC)cc3)CC2)nn1. The van der Waals surface area contributed by atoms with Crippen molar-refractivity contribution in [3.05, 3.63) is 36.4 Å². The summed E-state index contributed by atoms with van der Waals surface area (Å²) < 4.78 is 21.0. The lowest BCUT2D eigenvalue weighted by Crippen LogP contribution is -2.50. The fourth-order valence-electron chi connectivity index (χ4n) is 2.88. The summed E-state index contributed by atoms with van der Waals surface area (Å²) in [6, 6.07) is 10.8. The first-order chi connectivity index (χ1) is 14.2. The van der Waals surface area contributed by atoms with Crippen LogP contribution in [0.5, 0.6) is 17.4 Å². The Morgan fingerprint density at radius 1 is 0.897 bits per heavy atom. The molecule has 9 heteroatoms. The summed E-state index contributed by atoms with van der Waals surface area (Å²) in [5.74, 6) is 2.59. The Bertz CT molecular complexity index is 761. The van der Waals surface area contributed by atoms with Crippen LogP contribution in [0.2, 0.25) is 0 Å². The first-order valence-electron chi connectivity index (χ1n) is 9.44. The fourth-order valence-corrected chi connectivity index (χ4v) is 2.88. The highest BCUT2D eigenvalue weighted by atomic mass is 16.5. The number of piperazine rings is 1. The van der Waals surface area contributed by atoms with E-state index in [1.807, 2.05) is 6.07 Å². The Morgan fingerprint density at radius 2 is 1.62 bits per heavy atom. The van der Waals surface area contributed by atoms with Crippen molar-refractivity contribution in [2.24, 2.45) is 0 Å². The molecule has 0 unspecified atom stereocenters. The summed E-state index contributed by atoms with van der Waals surface area (Å²) in [6.07, 6.45) is 0. The van der Waals surface area contributed by atoms with Crippen molar-refractivity contribution in [3.8, 4) is 17.4 Å². The number of aromatic nitrogens is 2. The van der Waals surface area contributed by atoms with E-state index < -0.39 is 0 Å². The third kappa shape index (κ3) is 5.95.